The Kier molecular flexibility index (Phi) is 5.68. The first-order valence-electron chi connectivity index (χ1n) is 7.28. The predicted molar refractivity (Wildman–Crippen MR) is 80.8 cm³/mol. The van der Waals surface area contributed by atoms with Crippen molar-refractivity contribution in [3.63, 3.8) is 0 Å². The van der Waals surface area contributed by atoms with E-state index in [4.69, 9.17) is 16.3 Å². The molecule has 106 valence electrons. The summed E-state index contributed by atoms with van der Waals surface area (Å²) >= 11 is 6.25. The number of hydrogen-bond donors (Lipinski definition) is 1. The highest BCUT2D eigenvalue weighted by molar-refractivity contribution is 6.31. The monoisotopic (exact) mass is 281 g/mol. The third-order valence-corrected chi connectivity index (χ3v) is 4.45. The van der Waals surface area contributed by atoms with Gasteiger partial charge in [0.25, 0.3) is 0 Å². The minimum absolute atomic E-state index is 0.409. The van der Waals surface area contributed by atoms with Crippen molar-refractivity contribution in [2.45, 2.75) is 39.2 Å². The van der Waals surface area contributed by atoms with E-state index in [9.17, 15) is 0 Å². The summed E-state index contributed by atoms with van der Waals surface area (Å²) in [5.74, 6) is 0.760. The fraction of sp³-hybridized carbons (Fsp3) is 0.625. The fourth-order valence-corrected chi connectivity index (χ4v) is 3.07. The van der Waals surface area contributed by atoms with Crippen LogP contribution in [0.15, 0.2) is 18.2 Å². The van der Waals surface area contributed by atoms with E-state index in [1.807, 2.05) is 6.07 Å². The number of nitrogens with one attached hydrogen (secondary N) is 1. The molecule has 19 heavy (non-hydrogen) atoms. The van der Waals surface area contributed by atoms with E-state index in [1.165, 1.54) is 30.4 Å². The molecule has 2 nitrogen and oxygen atoms in total. The van der Waals surface area contributed by atoms with Crippen molar-refractivity contribution >= 4 is 11.6 Å². The number of halogens is 1. The molecule has 1 N–H and O–H groups in total. The van der Waals surface area contributed by atoms with Crippen LogP contribution in [0.25, 0.3) is 0 Å². The van der Waals surface area contributed by atoms with Gasteiger partial charge in [0.1, 0.15) is 0 Å². The Morgan fingerprint density at radius 3 is 2.79 bits per heavy atom. The van der Waals surface area contributed by atoms with Gasteiger partial charge in [0, 0.05) is 24.3 Å². The molecule has 1 aliphatic heterocycles. The molecule has 1 aromatic rings. The van der Waals surface area contributed by atoms with Gasteiger partial charge in [0.15, 0.2) is 0 Å². The van der Waals surface area contributed by atoms with Crippen molar-refractivity contribution in [3.8, 4) is 0 Å². The molecule has 1 aromatic carbocycles. The average molecular weight is 282 g/mol. The molecule has 0 aromatic heterocycles. The first-order chi connectivity index (χ1) is 9.22. The molecule has 0 amide bonds. The second-order valence-electron chi connectivity index (χ2n) is 5.36. The highest BCUT2D eigenvalue weighted by Gasteiger charge is 2.21. The Balaban J connectivity index is 2.11. The molecule has 2 rings (SSSR count). The molecular formula is C16H24ClNO. The van der Waals surface area contributed by atoms with Crippen molar-refractivity contribution in [1.82, 2.24) is 5.32 Å². The quantitative estimate of drug-likeness (QED) is 0.877. The van der Waals surface area contributed by atoms with Crippen LogP contribution in [0.2, 0.25) is 5.02 Å². The first kappa shape index (κ1) is 14.8. The Labute approximate surface area is 121 Å². The fourth-order valence-electron chi connectivity index (χ4n) is 2.88. The number of benzene rings is 1. The molecule has 1 aliphatic rings. The second kappa shape index (κ2) is 7.28. The lowest BCUT2D eigenvalue weighted by Crippen LogP contribution is -2.26. The van der Waals surface area contributed by atoms with Crippen LogP contribution < -0.4 is 5.32 Å². The topological polar surface area (TPSA) is 21.3 Å². The molecule has 0 bridgehead atoms. The van der Waals surface area contributed by atoms with Crippen LogP contribution in [0.4, 0.5) is 0 Å². The second-order valence-corrected chi connectivity index (χ2v) is 5.76. The van der Waals surface area contributed by atoms with Gasteiger partial charge in [-0.3, -0.25) is 0 Å². The SMILES string of the molecule is CCNC(CC1CCOCC1)c1cccc(Cl)c1C. The summed E-state index contributed by atoms with van der Waals surface area (Å²) in [6, 6.07) is 6.64. The van der Waals surface area contributed by atoms with Crippen LogP contribution in [0.3, 0.4) is 0 Å². The molecule has 0 spiro atoms. The summed E-state index contributed by atoms with van der Waals surface area (Å²) in [6.45, 7) is 7.10. The van der Waals surface area contributed by atoms with Crippen LogP contribution in [0, 0.1) is 12.8 Å². The lowest BCUT2D eigenvalue weighted by Gasteiger charge is -2.28. The van der Waals surface area contributed by atoms with Crippen molar-refractivity contribution in [1.29, 1.82) is 0 Å². The Morgan fingerprint density at radius 1 is 1.37 bits per heavy atom. The van der Waals surface area contributed by atoms with E-state index >= 15 is 0 Å². The summed E-state index contributed by atoms with van der Waals surface area (Å²) in [4.78, 5) is 0. The summed E-state index contributed by atoms with van der Waals surface area (Å²) in [6.07, 6.45) is 3.54. The van der Waals surface area contributed by atoms with Gasteiger partial charge in [-0.1, -0.05) is 30.7 Å². The molecule has 1 saturated heterocycles. The molecule has 0 aliphatic carbocycles. The maximum atomic E-state index is 6.25. The number of hydrogen-bond acceptors (Lipinski definition) is 2. The van der Waals surface area contributed by atoms with Crippen LogP contribution in [0.1, 0.15) is 43.4 Å². The zero-order valence-electron chi connectivity index (χ0n) is 11.9. The largest absolute Gasteiger partial charge is 0.381 e. The van der Waals surface area contributed by atoms with Gasteiger partial charge in [-0.15, -0.1) is 0 Å². The maximum Gasteiger partial charge on any atom is 0.0468 e. The van der Waals surface area contributed by atoms with Crippen LogP contribution >= 0.6 is 11.6 Å². The highest BCUT2D eigenvalue weighted by atomic mass is 35.5. The number of rotatable bonds is 5. The van der Waals surface area contributed by atoms with E-state index in [0.29, 0.717) is 6.04 Å². The van der Waals surface area contributed by atoms with Crippen LogP contribution in [0.5, 0.6) is 0 Å². The summed E-state index contributed by atoms with van der Waals surface area (Å²) in [7, 11) is 0. The Bertz CT molecular complexity index is 402. The molecule has 1 unspecified atom stereocenters. The Morgan fingerprint density at radius 2 is 2.11 bits per heavy atom. The average Bonchev–Trinajstić information content (AvgIpc) is 2.43. The van der Waals surface area contributed by atoms with Crippen molar-refractivity contribution < 1.29 is 4.74 Å². The van der Waals surface area contributed by atoms with E-state index in [0.717, 1.165) is 30.7 Å². The lowest BCUT2D eigenvalue weighted by atomic mass is 9.88. The van der Waals surface area contributed by atoms with Crippen LogP contribution in [-0.4, -0.2) is 19.8 Å². The van der Waals surface area contributed by atoms with Crippen LogP contribution in [-0.2, 0) is 4.74 Å². The predicted octanol–water partition coefficient (Wildman–Crippen LogP) is 4.12. The van der Waals surface area contributed by atoms with Gasteiger partial charge in [0.05, 0.1) is 0 Å². The number of ether oxygens (including phenoxy) is 1. The van der Waals surface area contributed by atoms with Crippen molar-refractivity contribution in [2.24, 2.45) is 5.92 Å². The smallest absolute Gasteiger partial charge is 0.0468 e. The normalized spacial score (nSPS) is 18.5. The van der Waals surface area contributed by atoms with E-state index in [-0.39, 0.29) is 0 Å². The van der Waals surface area contributed by atoms with Gasteiger partial charge in [-0.25, -0.2) is 0 Å². The minimum atomic E-state index is 0.409. The molecule has 1 fully saturated rings. The van der Waals surface area contributed by atoms with Crippen molar-refractivity contribution in [2.75, 3.05) is 19.8 Å². The van der Waals surface area contributed by atoms with Gasteiger partial charge >= 0.3 is 0 Å². The lowest BCUT2D eigenvalue weighted by molar-refractivity contribution is 0.0605. The summed E-state index contributed by atoms with van der Waals surface area (Å²) in [5, 5.41) is 4.48. The summed E-state index contributed by atoms with van der Waals surface area (Å²) < 4.78 is 5.45. The van der Waals surface area contributed by atoms with E-state index < -0.39 is 0 Å². The minimum Gasteiger partial charge on any atom is -0.381 e. The highest BCUT2D eigenvalue weighted by Crippen LogP contribution is 2.31. The molecular weight excluding hydrogens is 258 g/mol. The zero-order valence-corrected chi connectivity index (χ0v) is 12.7. The third-order valence-electron chi connectivity index (χ3n) is 4.05. The molecule has 1 heterocycles. The van der Waals surface area contributed by atoms with Gasteiger partial charge in [-0.05, 0) is 55.8 Å². The standard InChI is InChI=1S/C16H24ClNO/c1-3-18-16(11-13-7-9-19-10-8-13)14-5-4-6-15(17)12(14)2/h4-6,13,16,18H,3,7-11H2,1-2H3. The van der Waals surface area contributed by atoms with E-state index in [2.05, 4.69) is 31.3 Å². The molecule has 0 saturated carbocycles. The van der Waals surface area contributed by atoms with Crippen molar-refractivity contribution in [3.05, 3.63) is 34.3 Å². The molecule has 3 heteroatoms. The molecule has 0 radical (unpaired) electrons. The maximum absolute atomic E-state index is 6.25. The van der Waals surface area contributed by atoms with Gasteiger partial charge in [0.2, 0.25) is 0 Å². The zero-order chi connectivity index (χ0) is 13.7. The van der Waals surface area contributed by atoms with Gasteiger partial charge < -0.3 is 10.1 Å². The first-order valence-corrected chi connectivity index (χ1v) is 7.66. The Hall–Kier alpha value is -0.570. The van der Waals surface area contributed by atoms with Gasteiger partial charge in [-0.2, -0.15) is 0 Å². The van der Waals surface area contributed by atoms with E-state index in [1.54, 1.807) is 0 Å². The summed E-state index contributed by atoms with van der Waals surface area (Å²) in [5.41, 5.74) is 2.56. The third kappa shape index (κ3) is 3.95. The molecule has 1 atom stereocenters.